The number of morpholine rings is 1. The Labute approximate surface area is 125 Å². The van der Waals surface area contributed by atoms with Crippen LogP contribution in [0.2, 0.25) is 0 Å². The Morgan fingerprint density at radius 1 is 1.33 bits per heavy atom. The quantitative estimate of drug-likeness (QED) is 0.761. The molecule has 1 saturated heterocycles. The molecule has 0 saturated carbocycles. The van der Waals surface area contributed by atoms with Gasteiger partial charge in [-0.05, 0) is 12.1 Å². The van der Waals surface area contributed by atoms with Crippen molar-refractivity contribution in [3.8, 4) is 0 Å². The number of carbonyl (C=O) groups is 1. The smallest absolute Gasteiger partial charge is 0.304 e. The topological polar surface area (TPSA) is 65.9 Å². The second-order valence-electron chi connectivity index (χ2n) is 5.19. The van der Waals surface area contributed by atoms with E-state index in [4.69, 9.17) is 9.84 Å². The minimum atomic E-state index is -0.757. The number of pyridine rings is 1. The van der Waals surface area contributed by atoms with Crippen LogP contribution in [0.4, 0.5) is 0 Å². The third kappa shape index (κ3) is 6.20. The molecule has 1 fully saturated rings. The molecule has 0 spiro atoms. The molecule has 1 aromatic heterocycles. The van der Waals surface area contributed by atoms with E-state index in [1.54, 1.807) is 6.20 Å². The highest BCUT2D eigenvalue weighted by molar-refractivity contribution is 5.66. The first-order valence-corrected chi connectivity index (χ1v) is 7.38. The van der Waals surface area contributed by atoms with E-state index in [-0.39, 0.29) is 6.42 Å². The largest absolute Gasteiger partial charge is 0.481 e. The summed E-state index contributed by atoms with van der Waals surface area (Å²) < 4.78 is 5.34. The summed E-state index contributed by atoms with van der Waals surface area (Å²) in [6.07, 6.45) is 1.93. The van der Waals surface area contributed by atoms with Crippen LogP contribution in [0, 0.1) is 0 Å². The van der Waals surface area contributed by atoms with E-state index in [0.29, 0.717) is 13.1 Å². The number of rotatable bonds is 8. The molecule has 1 aliphatic rings. The maximum atomic E-state index is 10.8. The molecular formula is C15H23N3O3. The minimum absolute atomic E-state index is 0.163. The lowest BCUT2D eigenvalue weighted by Crippen LogP contribution is -2.41. The number of aromatic nitrogens is 1. The van der Waals surface area contributed by atoms with Crippen LogP contribution in [-0.4, -0.2) is 71.8 Å². The van der Waals surface area contributed by atoms with Crippen molar-refractivity contribution in [3.05, 3.63) is 30.1 Å². The van der Waals surface area contributed by atoms with Crippen molar-refractivity contribution in [2.24, 2.45) is 0 Å². The Kier molecular flexibility index (Phi) is 6.59. The molecule has 2 rings (SSSR count). The molecule has 6 heteroatoms. The average Bonchev–Trinajstić information content (AvgIpc) is 2.52. The highest BCUT2D eigenvalue weighted by Gasteiger charge is 2.14. The standard InChI is InChI=1S/C15H23N3O3/c19-15(20)4-6-18(13-14-3-1-2-5-16-14)8-7-17-9-11-21-12-10-17/h1-3,5H,4,6-13H2,(H,19,20). The van der Waals surface area contributed by atoms with Gasteiger partial charge in [-0.15, -0.1) is 0 Å². The van der Waals surface area contributed by atoms with Crippen LogP contribution in [0.15, 0.2) is 24.4 Å². The van der Waals surface area contributed by atoms with Gasteiger partial charge in [-0.25, -0.2) is 0 Å². The third-order valence-corrected chi connectivity index (χ3v) is 3.59. The zero-order valence-corrected chi connectivity index (χ0v) is 12.3. The van der Waals surface area contributed by atoms with Gasteiger partial charge in [0.05, 0.1) is 25.3 Å². The maximum Gasteiger partial charge on any atom is 0.304 e. The summed E-state index contributed by atoms with van der Waals surface area (Å²) in [5.74, 6) is -0.757. The Morgan fingerprint density at radius 3 is 2.81 bits per heavy atom. The Hall–Kier alpha value is -1.50. The van der Waals surface area contributed by atoms with Crippen LogP contribution >= 0.6 is 0 Å². The van der Waals surface area contributed by atoms with E-state index in [2.05, 4.69) is 14.8 Å². The molecule has 1 aromatic rings. The molecule has 1 aliphatic heterocycles. The lowest BCUT2D eigenvalue weighted by Gasteiger charge is -2.29. The molecular weight excluding hydrogens is 270 g/mol. The Balaban J connectivity index is 1.83. The molecule has 0 aromatic carbocycles. The van der Waals surface area contributed by atoms with Crippen molar-refractivity contribution in [3.63, 3.8) is 0 Å². The van der Waals surface area contributed by atoms with Gasteiger partial charge in [0.15, 0.2) is 0 Å². The zero-order chi connectivity index (χ0) is 14.9. The molecule has 116 valence electrons. The van der Waals surface area contributed by atoms with Gasteiger partial charge in [-0.2, -0.15) is 0 Å². The summed E-state index contributed by atoms with van der Waals surface area (Å²) in [6.45, 7) is 6.52. The van der Waals surface area contributed by atoms with E-state index in [0.717, 1.165) is 45.1 Å². The van der Waals surface area contributed by atoms with Gasteiger partial charge in [0, 0.05) is 45.5 Å². The average molecular weight is 293 g/mol. The van der Waals surface area contributed by atoms with Gasteiger partial charge in [0.2, 0.25) is 0 Å². The number of aliphatic carboxylic acids is 1. The molecule has 21 heavy (non-hydrogen) atoms. The molecule has 0 atom stereocenters. The number of carboxylic acids is 1. The number of hydrogen-bond acceptors (Lipinski definition) is 5. The first kappa shape index (κ1) is 15.9. The van der Waals surface area contributed by atoms with Gasteiger partial charge in [0.1, 0.15) is 0 Å². The summed E-state index contributed by atoms with van der Waals surface area (Å²) in [5.41, 5.74) is 0.977. The summed E-state index contributed by atoms with van der Waals surface area (Å²) in [4.78, 5) is 19.6. The lowest BCUT2D eigenvalue weighted by molar-refractivity contribution is -0.137. The normalized spacial score (nSPS) is 16.2. The van der Waals surface area contributed by atoms with Gasteiger partial charge in [0.25, 0.3) is 0 Å². The van der Waals surface area contributed by atoms with Gasteiger partial charge >= 0.3 is 5.97 Å². The molecule has 0 bridgehead atoms. The van der Waals surface area contributed by atoms with Crippen LogP contribution in [-0.2, 0) is 16.1 Å². The molecule has 6 nitrogen and oxygen atoms in total. The first-order valence-electron chi connectivity index (χ1n) is 7.38. The van der Waals surface area contributed by atoms with Gasteiger partial charge < -0.3 is 9.84 Å². The van der Waals surface area contributed by atoms with Crippen molar-refractivity contribution in [1.29, 1.82) is 0 Å². The predicted molar refractivity (Wildman–Crippen MR) is 79.0 cm³/mol. The minimum Gasteiger partial charge on any atom is -0.481 e. The maximum absolute atomic E-state index is 10.8. The van der Waals surface area contributed by atoms with Crippen molar-refractivity contribution in [2.45, 2.75) is 13.0 Å². The van der Waals surface area contributed by atoms with Crippen molar-refractivity contribution in [1.82, 2.24) is 14.8 Å². The predicted octanol–water partition coefficient (Wildman–Crippen LogP) is 0.691. The SMILES string of the molecule is O=C(O)CCN(CCN1CCOCC1)Cc1ccccn1. The van der Waals surface area contributed by atoms with Crippen molar-refractivity contribution >= 4 is 5.97 Å². The van der Waals surface area contributed by atoms with Crippen LogP contribution < -0.4 is 0 Å². The molecule has 0 amide bonds. The van der Waals surface area contributed by atoms with Crippen LogP contribution in [0.3, 0.4) is 0 Å². The fraction of sp³-hybridized carbons (Fsp3) is 0.600. The summed E-state index contributed by atoms with van der Waals surface area (Å²) in [5, 5.41) is 8.88. The van der Waals surface area contributed by atoms with Crippen LogP contribution in [0.25, 0.3) is 0 Å². The van der Waals surface area contributed by atoms with Crippen LogP contribution in [0.5, 0.6) is 0 Å². The molecule has 2 heterocycles. The van der Waals surface area contributed by atoms with E-state index >= 15 is 0 Å². The first-order chi connectivity index (χ1) is 10.2. The highest BCUT2D eigenvalue weighted by Crippen LogP contribution is 2.04. The van der Waals surface area contributed by atoms with Gasteiger partial charge in [-0.1, -0.05) is 6.07 Å². The number of hydrogen-bond donors (Lipinski definition) is 1. The molecule has 0 unspecified atom stereocenters. The number of carboxylic acid groups (broad SMARTS) is 1. The summed E-state index contributed by atoms with van der Waals surface area (Å²) in [6, 6.07) is 5.82. The van der Waals surface area contributed by atoms with E-state index in [9.17, 15) is 4.79 Å². The van der Waals surface area contributed by atoms with E-state index < -0.39 is 5.97 Å². The second-order valence-corrected chi connectivity index (χ2v) is 5.19. The second kappa shape index (κ2) is 8.71. The van der Waals surface area contributed by atoms with Crippen molar-refractivity contribution < 1.29 is 14.6 Å². The van der Waals surface area contributed by atoms with E-state index in [1.165, 1.54) is 0 Å². The zero-order valence-electron chi connectivity index (χ0n) is 12.3. The summed E-state index contributed by atoms with van der Waals surface area (Å²) >= 11 is 0. The molecule has 1 N–H and O–H groups in total. The monoisotopic (exact) mass is 293 g/mol. The number of nitrogens with zero attached hydrogens (tertiary/aromatic N) is 3. The lowest BCUT2D eigenvalue weighted by atomic mass is 10.3. The Morgan fingerprint density at radius 2 is 2.14 bits per heavy atom. The van der Waals surface area contributed by atoms with Crippen molar-refractivity contribution in [2.75, 3.05) is 45.9 Å². The highest BCUT2D eigenvalue weighted by atomic mass is 16.5. The van der Waals surface area contributed by atoms with E-state index in [1.807, 2.05) is 18.2 Å². The van der Waals surface area contributed by atoms with Gasteiger partial charge in [-0.3, -0.25) is 19.6 Å². The molecule has 0 aliphatic carbocycles. The Bertz CT molecular complexity index is 421. The van der Waals surface area contributed by atoms with Crippen LogP contribution in [0.1, 0.15) is 12.1 Å². The fourth-order valence-electron chi connectivity index (χ4n) is 2.35. The summed E-state index contributed by atoms with van der Waals surface area (Å²) in [7, 11) is 0. The molecule has 0 radical (unpaired) electrons. The number of ether oxygens (including phenoxy) is 1. The third-order valence-electron chi connectivity index (χ3n) is 3.59. The fourth-order valence-corrected chi connectivity index (χ4v) is 2.35.